The molecule has 0 aliphatic carbocycles. The van der Waals surface area contributed by atoms with Gasteiger partial charge in [-0.15, -0.1) is 0 Å². The minimum atomic E-state index is -0.178. The predicted octanol–water partition coefficient (Wildman–Crippen LogP) is 4.03. The van der Waals surface area contributed by atoms with Crippen LogP contribution in [0.4, 0.5) is 5.69 Å². The molecule has 20 heavy (non-hydrogen) atoms. The van der Waals surface area contributed by atoms with Crippen molar-refractivity contribution in [3.05, 3.63) is 58.6 Å². The molecule has 0 radical (unpaired) electrons. The van der Waals surface area contributed by atoms with E-state index < -0.39 is 0 Å². The summed E-state index contributed by atoms with van der Waals surface area (Å²) in [4.78, 5) is 11.8. The Morgan fingerprint density at radius 2 is 1.95 bits per heavy atom. The summed E-state index contributed by atoms with van der Waals surface area (Å²) < 4.78 is 6.37. The van der Waals surface area contributed by atoms with Gasteiger partial charge in [-0.3, -0.25) is 4.79 Å². The van der Waals surface area contributed by atoms with Crippen LogP contribution in [0.1, 0.15) is 12.5 Å². The summed E-state index contributed by atoms with van der Waals surface area (Å²) in [6.07, 6.45) is 0.990. The van der Waals surface area contributed by atoms with Crippen LogP contribution in [0.15, 0.2) is 53.0 Å². The van der Waals surface area contributed by atoms with E-state index in [1.807, 2.05) is 48.5 Å². The number of amides is 1. The maximum Gasteiger partial charge on any atom is 0.262 e. The number of nitrogens with one attached hydrogen (secondary N) is 1. The zero-order valence-electron chi connectivity index (χ0n) is 11.2. The van der Waals surface area contributed by atoms with Crippen LogP contribution in [-0.2, 0) is 11.2 Å². The first kappa shape index (κ1) is 14.6. The molecule has 0 heterocycles. The topological polar surface area (TPSA) is 38.3 Å². The van der Waals surface area contributed by atoms with Gasteiger partial charge >= 0.3 is 0 Å². The molecule has 0 atom stereocenters. The second-order valence-corrected chi connectivity index (χ2v) is 5.26. The van der Waals surface area contributed by atoms with E-state index in [9.17, 15) is 4.79 Å². The standard InChI is InChI=1S/C16H16BrNO2/c1-2-12-6-8-15(9-7-12)20-11-16(19)18-14-5-3-4-13(17)10-14/h3-10H,2,11H2,1H3,(H,18,19). The monoisotopic (exact) mass is 333 g/mol. The minimum absolute atomic E-state index is 0.00200. The van der Waals surface area contributed by atoms with Crippen LogP contribution in [0.25, 0.3) is 0 Å². The summed E-state index contributed by atoms with van der Waals surface area (Å²) in [6.45, 7) is 2.10. The molecule has 0 aliphatic heterocycles. The van der Waals surface area contributed by atoms with Crippen molar-refractivity contribution in [2.75, 3.05) is 11.9 Å². The number of benzene rings is 2. The first-order valence-corrected chi connectivity index (χ1v) is 7.24. The normalized spacial score (nSPS) is 10.1. The quantitative estimate of drug-likeness (QED) is 0.897. The highest BCUT2D eigenvalue weighted by atomic mass is 79.9. The molecule has 1 amide bonds. The molecule has 0 unspecified atom stereocenters. The van der Waals surface area contributed by atoms with Crippen molar-refractivity contribution in [3.63, 3.8) is 0 Å². The predicted molar refractivity (Wildman–Crippen MR) is 84.1 cm³/mol. The third-order valence-corrected chi connectivity index (χ3v) is 3.30. The van der Waals surface area contributed by atoms with E-state index in [1.165, 1.54) is 5.56 Å². The maximum absolute atomic E-state index is 11.8. The molecule has 0 fully saturated rings. The summed E-state index contributed by atoms with van der Waals surface area (Å²) in [7, 11) is 0. The van der Waals surface area contributed by atoms with Crippen molar-refractivity contribution in [2.24, 2.45) is 0 Å². The van der Waals surface area contributed by atoms with Crippen LogP contribution < -0.4 is 10.1 Å². The minimum Gasteiger partial charge on any atom is -0.484 e. The first-order chi connectivity index (χ1) is 9.67. The lowest BCUT2D eigenvalue weighted by Crippen LogP contribution is -2.20. The SMILES string of the molecule is CCc1ccc(OCC(=O)Nc2cccc(Br)c2)cc1. The van der Waals surface area contributed by atoms with Crippen molar-refractivity contribution < 1.29 is 9.53 Å². The zero-order valence-corrected chi connectivity index (χ0v) is 12.8. The number of hydrogen-bond donors (Lipinski definition) is 1. The fourth-order valence-electron chi connectivity index (χ4n) is 1.73. The van der Waals surface area contributed by atoms with E-state index in [4.69, 9.17) is 4.74 Å². The molecule has 3 nitrogen and oxygen atoms in total. The Hall–Kier alpha value is -1.81. The number of ether oxygens (including phenoxy) is 1. The molecular formula is C16H16BrNO2. The molecule has 4 heteroatoms. The molecule has 0 bridgehead atoms. The highest BCUT2D eigenvalue weighted by Gasteiger charge is 2.04. The van der Waals surface area contributed by atoms with E-state index >= 15 is 0 Å². The average Bonchev–Trinajstić information content (AvgIpc) is 2.46. The Balaban J connectivity index is 1.85. The average molecular weight is 334 g/mol. The van der Waals surface area contributed by atoms with Crippen molar-refractivity contribution in [2.45, 2.75) is 13.3 Å². The highest BCUT2D eigenvalue weighted by molar-refractivity contribution is 9.10. The van der Waals surface area contributed by atoms with E-state index in [0.29, 0.717) is 5.75 Å². The number of halogens is 1. The zero-order chi connectivity index (χ0) is 14.4. The summed E-state index contributed by atoms with van der Waals surface area (Å²) in [5.41, 5.74) is 1.99. The number of carbonyl (C=O) groups is 1. The Morgan fingerprint density at radius 3 is 2.60 bits per heavy atom. The van der Waals surface area contributed by atoms with Gasteiger partial charge in [0.15, 0.2) is 6.61 Å². The van der Waals surface area contributed by atoms with Gasteiger partial charge < -0.3 is 10.1 Å². The molecule has 0 aliphatic rings. The Morgan fingerprint density at radius 1 is 1.20 bits per heavy atom. The van der Waals surface area contributed by atoms with E-state index in [1.54, 1.807) is 0 Å². The second kappa shape index (κ2) is 7.10. The number of anilines is 1. The number of carbonyl (C=O) groups excluding carboxylic acids is 1. The molecule has 1 N–H and O–H groups in total. The van der Waals surface area contributed by atoms with Crippen molar-refractivity contribution >= 4 is 27.5 Å². The lowest BCUT2D eigenvalue weighted by molar-refractivity contribution is -0.118. The third-order valence-electron chi connectivity index (χ3n) is 2.81. The van der Waals surface area contributed by atoms with Crippen molar-refractivity contribution in [1.29, 1.82) is 0 Å². The van der Waals surface area contributed by atoms with E-state index in [-0.39, 0.29) is 12.5 Å². The van der Waals surface area contributed by atoms with Crippen LogP contribution in [0.3, 0.4) is 0 Å². The second-order valence-electron chi connectivity index (χ2n) is 4.34. The number of aryl methyl sites for hydroxylation is 1. The molecule has 2 rings (SSSR count). The Labute approximate surface area is 127 Å². The lowest BCUT2D eigenvalue weighted by Gasteiger charge is -2.08. The maximum atomic E-state index is 11.8. The van der Waals surface area contributed by atoms with Gasteiger partial charge in [0.25, 0.3) is 5.91 Å². The molecular weight excluding hydrogens is 318 g/mol. The van der Waals surface area contributed by atoms with Gasteiger partial charge in [-0.05, 0) is 42.3 Å². The fourth-order valence-corrected chi connectivity index (χ4v) is 2.13. The largest absolute Gasteiger partial charge is 0.484 e. The van der Waals surface area contributed by atoms with Gasteiger partial charge in [0, 0.05) is 10.2 Å². The van der Waals surface area contributed by atoms with Gasteiger partial charge in [-0.25, -0.2) is 0 Å². The molecule has 0 saturated carbocycles. The number of rotatable bonds is 5. The molecule has 0 spiro atoms. The summed E-state index contributed by atoms with van der Waals surface area (Å²) in [6, 6.07) is 15.2. The molecule has 0 saturated heterocycles. The van der Waals surface area contributed by atoms with Crippen LogP contribution >= 0.6 is 15.9 Å². The highest BCUT2D eigenvalue weighted by Crippen LogP contribution is 2.16. The summed E-state index contributed by atoms with van der Waals surface area (Å²) >= 11 is 3.36. The van der Waals surface area contributed by atoms with Gasteiger partial charge in [0.2, 0.25) is 0 Å². The van der Waals surface area contributed by atoms with Gasteiger partial charge in [-0.2, -0.15) is 0 Å². The van der Waals surface area contributed by atoms with Gasteiger partial charge in [0.05, 0.1) is 0 Å². The first-order valence-electron chi connectivity index (χ1n) is 6.44. The molecule has 2 aromatic carbocycles. The van der Waals surface area contributed by atoms with Crippen molar-refractivity contribution in [3.8, 4) is 5.75 Å². The Bertz CT molecular complexity index is 581. The molecule has 2 aromatic rings. The lowest BCUT2D eigenvalue weighted by atomic mass is 10.2. The third kappa shape index (κ3) is 4.38. The van der Waals surface area contributed by atoms with Crippen LogP contribution in [-0.4, -0.2) is 12.5 Å². The molecule has 0 aromatic heterocycles. The smallest absolute Gasteiger partial charge is 0.262 e. The van der Waals surface area contributed by atoms with E-state index in [0.717, 1.165) is 16.6 Å². The van der Waals surface area contributed by atoms with Gasteiger partial charge in [0.1, 0.15) is 5.75 Å². The van der Waals surface area contributed by atoms with Crippen LogP contribution in [0, 0.1) is 0 Å². The Kier molecular flexibility index (Phi) is 5.18. The van der Waals surface area contributed by atoms with Crippen LogP contribution in [0.2, 0.25) is 0 Å². The van der Waals surface area contributed by atoms with Gasteiger partial charge in [-0.1, -0.05) is 41.1 Å². The summed E-state index contributed by atoms with van der Waals surface area (Å²) in [5.74, 6) is 0.522. The van der Waals surface area contributed by atoms with Crippen molar-refractivity contribution in [1.82, 2.24) is 0 Å². The fraction of sp³-hybridized carbons (Fsp3) is 0.188. The van der Waals surface area contributed by atoms with E-state index in [2.05, 4.69) is 28.2 Å². The number of hydrogen-bond acceptors (Lipinski definition) is 2. The molecule has 104 valence electrons. The summed E-state index contributed by atoms with van der Waals surface area (Å²) in [5, 5.41) is 2.78. The van der Waals surface area contributed by atoms with Crippen LogP contribution in [0.5, 0.6) is 5.75 Å².